The van der Waals surface area contributed by atoms with E-state index >= 15 is 0 Å². The minimum absolute atomic E-state index is 0.170. The summed E-state index contributed by atoms with van der Waals surface area (Å²) in [4.78, 5) is 12.0. The number of hydrogen-bond donors (Lipinski definition) is 2. The van der Waals surface area contributed by atoms with Crippen molar-refractivity contribution in [1.82, 2.24) is 15.1 Å². The van der Waals surface area contributed by atoms with Crippen LogP contribution in [0.15, 0.2) is 6.07 Å². The molecular formula is C15H26N4O. The van der Waals surface area contributed by atoms with E-state index < -0.39 is 0 Å². The molecule has 1 heterocycles. The van der Waals surface area contributed by atoms with Crippen LogP contribution >= 0.6 is 0 Å². The molecule has 0 radical (unpaired) electrons. The van der Waals surface area contributed by atoms with Gasteiger partial charge in [-0.2, -0.15) is 5.10 Å². The van der Waals surface area contributed by atoms with Gasteiger partial charge in [-0.15, -0.1) is 0 Å². The van der Waals surface area contributed by atoms with Crippen LogP contribution in [-0.2, 0) is 11.3 Å². The summed E-state index contributed by atoms with van der Waals surface area (Å²) in [5.74, 6) is 0.369. The molecule has 0 spiro atoms. The molecule has 0 aliphatic heterocycles. The first-order valence-electron chi connectivity index (χ1n) is 7.60. The first-order valence-corrected chi connectivity index (χ1v) is 7.60. The van der Waals surface area contributed by atoms with Crippen molar-refractivity contribution in [1.29, 1.82) is 0 Å². The van der Waals surface area contributed by atoms with E-state index in [1.54, 1.807) is 0 Å². The zero-order valence-electron chi connectivity index (χ0n) is 12.6. The quantitative estimate of drug-likeness (QED) is 0.802. The number of carbonyl (C=O) groups is 1. The molecule has 5 nitrogen and oxygen atoms in total. The van der Waals surface area contributed by atoms with E-state index in [-0.39, 0.29) is 11.8 Å². The third-order valence-electron chi connectivity index (χ3n) is 4.09. The second kappa shape index (κ2) is 6.88. The third-order valence-corrected chi connectivity index (χ3v) is 4.09. The van der Waals surface area contributed by atoms with Crippen molar-refractivity contribution in [2.75, 3.05) is 6.54 Å². The summed E-state index contributed by atoms with van der Waals surface area (Å²) in [6.45, 7) is 5.64. The second-order valence-corrected chi connectivity index (χ2v) is 5.91. The van der Waals surface area contributed by atoms with Crippen LogP contribution in [-0.4, -0.2) is 28.3 Å². The van der Waals surface area contributed by atoms with Crippen LogP contribution in [0.25, 0.3) is 0 Å². The standard InChI is InChI=1S/C15H26N4O/c1-11-10-12(2)19(18-11)9-3-8-17-15(20)13-4-6-14(16)7-5-13/h10,13-14H,3-9,16H2,1-2H3,(H,17,20). The monoisotopic (exact) mass is 278 g/mol. The first kappa shape index (κ1) is 15.0. The Labute approximate surface area is 120 Å². The Bertz CT molecular complexity index is 447. The van der Waals surface area contributed by atoms with E-state index in [9.17, 15) is 4.79 Å². The molecule has 2 rings (SSSR count). The normalized spacial score (nSPS) is 22.8. The number of nitrogens with zero attached hydrogens (tertiary/aromatic N) is 2. The fourth-order valence-electron chi connectivity index (χ4n) is 2.87. The molecule has 0 bridgehead atoms. The van der Waals surface area contributed by atoms with Crippen LogP contribution in [0.3, 0.4) is 0 Å². The molecule has 1 aliphatic rings. The van der Waals surface area contributed by atoms with E-state index in [0.717, 1.165) is 50.9 Å². The van der Waals surface area contributed by atoms with Gasteiger partial charge in [0, 0.05) is 30.7 Å². The molecule has 0 aromatic carbocycles. The van der Waals surface area contributed by atoms with Gasteiger partial charge in [0.1, 0.15) is 0 Å². The van der Waals surface area contributed by atoms with Crippen molar-refractivity contribution >= 4 is 5.91 Å². The van der Waals surface area contributed by atoms with Gasteiger partial charge >= 0.3 is 0 Å². The summed E-state index contributed by atoms with van der Waals surface area (Å²) in [6, 6.07) is 2.37. The second-order valence-electron chi connectivity index (χ2n) is 5.91. The van der Waals surface area contributed by atoms with Gasteiger partial charge in [-0.25, -0.2) is 0 Å². The molecule has 0 unspecified atom stereocenters. The highest BCUT2D eigenvalue weighted by molar-refractivity contribution is 5.78. The molecule has 1 amide bonds. The highest BCUT2D eigenvalue weighted by atomic mass is 16.1. The molecule has 1 fully saturated rings. The van der Waals surface area contributed by atoms with Crippen LogP contribution < -0.4 is 11.1 Å². The maximum Gasteiger partial charge on any atom is 0.223 e. The summed E-state index contributed by atoms with van der Waals surface area (Å²) in [5.41, 5.74) is 8.08. The lowest BCUT2D eigenvalue weighted by Gasteiger charge is -2.25. The number of aromatic nitrogens is 2. The smallest absolute Gasteiger partial charge is 0.223 e. The summed E-state index contributed by atoms with van der Waals surface area (Å²) in [5, 5.41) is 7.46. The molecule has 3 N–H and O–H groups in total. The van der Waals surface area contributed by atoms with E-state index in [2.05, 4.69) is 23.4 Å². The highest BCUT2D eigenvalue weighted by Gasteiger charge is 2.23. The number of nitrogens with one attached hydrogen (secondary N) is 1. The Morgan fingerprint density at radius 2 is 2.10 bits per heavy atom. The predicted molar refractivity (Wildman–Crippen MR) is 79.3 cm³/mol. The zero-order valence-corrected chi connectivity index (χ0v) is 12.6. The van der Waals surface area contributed by atoms with E-state index in [1.807, 2.05) is 11.6 Å². The predicted octanol–water partition coefficient (Wildman–Crippen LogP) is 1.52. The number of rotatable bonds is 5. The molecule has 1 aromatic rings. The Kier molecular flexibility index (Phi) is 5.17. The fraction of sp³-hybridized carbons (Fsp3) is 0.733. The van der Waals surface area contributed by atoms with Gasteiger partial charge in [0.15, 0.2) is 0 Å². The first-order chi connectivity index (χ1) is 9.56. The SMILES string of the molecule is Cc1cc(C)n(CCCNC(=O)C2CCC(N)CC2)n1. The van der Waals surface area contributed by atoms with Crippen LogP contribution in [0.5, 0.6) is 0 Å². The topological polar surface area (TPSA) is 72.9 Å². The summed E-state index contributed by atoms with van der Waals surface area (Å²) >= 11 is 0. The maximum absolute atomic E-state index is 12.0. The Balaban J connectivity index is 1.65. The van der Waals surface area contributed by atoms with Crippen molar-refractivity contribution in [3.05, 3.63) is 17.5 Å². The van der Waals surface area contributed by atoms with Gasteiger partial charge in [-0.3, -0.25) is 9.48 Å². The fourth-order valence-corrected chi connectivity index (χ4v) is 2.87. The molecule has 20 heavy (non-hydrogen) atoms. The molecule has 1 saturated carbocycles. The van der Waals surface area contributed by atoms with Gasteiger partial charge in [0.2, 0.25) is 5.91 Å². The number of nitrogens with two attached hydrogens (primary N) is 1. The molecule has 112 valence electrons. The van der Waals surface area contributed by atoms with Gasteiger partial charge < -0.3 is 11.1 Å². The molecule has 5 heteroatoms. The third kappa shape index (κ3) is 4.07. The van der Waals surface area contributed by atoms with Gasteiger partial charge in [-0.1, -0.05) is 0 Å². The summed E-state index contributed by atoms with van der Waals surface area (Å²) in [7, 11) is 0. The van der Waals surface area contributed by atoms with Crippen molar-refractivity contribution in [3.8, 4) is 0 Å². The molecule has 0 atom stereocenters. The minimum Gasteiger partial charge on any atom is -0.356 e. The number of carbonyl (C=O) groups excluding carboxylic acids is 1. The van der Waals surface area contributed by atoms with Crippen molar-refractivity contribution in [3.63, 3.8) is 0 Å². The van der Waals surface area contributed by atoms with Crippen molar-refractivity contribution < 1.29 is 4.79 Å². The average Bonchev–Trinajstić information content (AvgIpc) is 2.73. The number of hydrogen-bond acceptors (Lipinski definition) is 3. The summed E-state index contributed by atoms with van der Waals surface area (Å²) in [6.07, 6.45) is 4.74. The number of amides is 1. The van der Waals surface area contributed by atoms with E-state index in [1.165, 1.54) is 5.69 Å². The van der Waals surface area contributed by atoms with Crippen LogP contribution in [0.2, 0.25) is 0 Å². The van der Waals surface area contributed by atoms with Crippen LogP contribution in [0.4, 0.5) is 0 Å². The highest BCUT2D eigenvalue weighted by Crippen LogP contribution is 2.23. The minimum atomic E-state index is 0.170. The van der Waals surface area contributed by atoms with Gasteiger partial charge in [0.05, 0.1) is 5.69 Å². The Morgan fingerprint density at radius 1 is 1.40 bits per heavy atom. The summed E-state index contributed by atoms with van der Waals surface area (Å²) < 4.78 is 2.00. The largest absolute Gasteiger partial charge is 0.356 e. The van der Waals surface area contributed by atoms with Crippen LogP contribution in [0.1, 0.15) is 43.5 Å². The van der Waals surface area contributed by atoms with Gasteiger partial charge in [0.25, 0.3) is 0 Å². The molecule has 0 saturated heterocycles. The lowest BCUT2D eigenvalue weighted by Crippen LogP contribution is -2.36. The zero-order chi connectivity index (χ0) is 14.5. The lowest BCUT2D eigenvalue weighted by atomic mass is 9.86. The van der Waals surface area contributed by atoms with Crippen LogP contribution in [0, 0.1) is 19.8 Å². The molecule has 1 aliphatic carbocycles. The van der Waals surface area contributed by atoms with Crippen molar-refractivity contribution in [2.45, 2.75) is 58.5 Å². The number of aryl methyl sites for hydroxylation is 3. The Morgan fingerprint density at radius 3 is 2.70 bits per heavy atom. The molecule has 1 aromatic heterocycles. The maximum atomic E-state index is 12.0. The van der Waals surface area contributed by atoms with Crippen molar-refractivity contribution in [2.24, 2.45) is 11.7 Å². The average molecular weight is 278 g/mol. The van der Waals surface area contributed by atoms with Gasteiger partial charge in [-0.05, 0) is 52.0 Å². The lowest BCUT2D eigenvalue weighted by molar-refractivity contribution is -0.126. The van der Waals surface area contributed by atoms with E-state index in [0.29, 0.717) is 6.04 Å². The Hall–Kier alpha value is -1.36. The molecular weight excluding hydrogens is 252 g/mol. The van der Waals surface area contributed by atoms with E-state index in [4.69, 9.17) is 5.73 Å².